The predicted octanol–water partition coefficient (Wildman–Crippen LogP) is 7.75. The van der Waals surface area contributed by atoms with Crippen molar-refractivity contribution < 1.29 is 18.0 Å². The molecule has 0 bridgehead atoms. The summed E-state index contributed by atoms with van der Waals surface area (Å²) in [6.45, 7) is 1.23. The zero-order valence-electron chi connectivity index (χ0n) is 23.6. The van der Waals surface area contributed by atoms with Crippen molar-refractivity contribution in [3.8, 4) is 0 Å². The Morgan fingerprint density at radius 3 is 2.09 bits per heavy atom. The first-order chi connectivity index (χ1) is 20.5. The molecule has 1 fully saturated rings. The van der Waals surface area contributed by atoms with Gasteiger partial charge in [0.1, 0.15) is 12.6 Å². The van der Waals surface area contributed by atoms with Crippen LogP contribution in [0.25, 0.3) is 0 Å². The lowest BCUT2D eigenvalue weighted by atomic mass is 9.95. The van der Waals surface area contributed by atoms with Crippen LogP contribution in [0.1, 0.15) is 51.0 Å². The summed E-state index contributed by atoms with van der Waals surface area (Å²) >= 11 is 24.8. The van der Waals surface area contributed by atoms with Gasteiger partial charge in [0, 0.05) is 12.6 Å². The Morgan fingerprint density at radius 1 is 0.860 bits per heavy atom. The van der Waals surface area contributed by atoms with Crippen LogP contribution in [0, 0.1) is 0 Å². The van der Waals surface area contributed by atoms with Gasteiger partial charge in [-0.25, -0.2) is 8.42 Å². The lowest BCUT2D eigenvalue weighted by Gasteiger charge is -2.34. The Labute approximate surface area is 273 Å². The Bertz CT molecular complexity index is 1550. The summed E-state index contributed by atoms with van der Waals surface area (Å²) in [6, 6.07) is 16.3. The van der Waals surface area contributed by atoms with E-state index in [4.69, 9.17) is 46.4 Å². The minimum atomic E-state index is -4.23. The van der Waals surface area contributed by atoms with E-state index in [-0.39, 0.29) is 39.1 Å². The lowest BCUT2D eigenvalue weighted by Crippen LogP contribution is -2.54. The molecule has 1 aliphatic rings. The van der Waals surface area contributed by atoms with E-state index >= 15 is 0 Å². The fourth-order valence-corrected chi connectivity index (χ4v) is 7.23. The molecule has 0 heterocycles. The van der Waals surface area contributed by atoms with Crippen LogP contribution in [0.3, 0.4) is 0 Å². The van der Waals surface area contributed by atoms with E-state index in [1.807, 2.05) is 6.92 Å². The first-order valence-corrected chi connectivity index (χ1v) is 17.0. The molecule has 4 rings (SSSR count). The fourth-order valence-electron chi connectivity index (χ4n) is 5.19. The van der Waals surface area contributed by atoms with Crippen molar-refractivity contribution in [2.24, 2.45) is 0 Å². The molecule has 2 amide bonds. The van der Waals surface area contributed by atoms with Crippen LogP contribution in [0.15, 0.2) is 71.6 Å². The van der Waals surface area contributed by atoms with E-state index < -0.39 is 28.5 Å². The number of rotatable bonds is 11. The summed E-state index contributed by atoms with van der Waals surface area (Å²) in [7, 11) is -4.23. The number of benzene rings is 3. The minimum Gasteiger partial charge on any atom is -0.352 e. The van der Waals surface area contributed by atoms with Crippen LogP contribution < -0.4 is 9.62 Å². The average molecular weight is 686 g/mol. The van der Waals surface area contributed by atoms with Gasteiger partial charge in [-0.1, -0.05) is 96.9 Å². The highest BCUT2D eigenvalue weighted by Crippen LogP contribution is 2.31. The number of carbonyl (C=O) groups is 2. The second-order valence-corrected chi connectivity index (χ2v) is 14.0. The number of nitrogens with zero attached hydrogens (tertiary/aromatic N) is 2. The van der Waals surface area contributed by atoms with Gasteiger partial charge in [0.2, 0.25) is 11.8 Å². The normalized spacial score (nSPS) is 14.6. The number of halogens is 4. The topological polar surface area (TPSA) is 86.8 Å². The molecular weight excluding hydrogens is 652 g/mol. The van der Waals surface area contributed by atoms with E-state index in [2.05, 4.69) is 5.32 Å². The largest absolute Gasteiger partial charge is 0.352 e. The molecule has 0 unspecified atom stereocenters. The standard InChI is InChI=1S/C31H33Cl4N3O4S/c1-2-29(31(40)36-22-9-5-3-6-10-22)37(19-21-13-15-25(32)27(34)17-21)30(39)20-38(23-14-16-26(33)28(35)18-23)43(41,42)24-11-7-4-8-12-24/h4,7-8,11-18,22,29H,2-3,5-6,9-10,19-20H2,1H3,(H,36,40)/t29-/m1/s1. The second-order valence-electron chi connectivity index (χ2n) is 10.5. The molecule has 1 atom stereocenters. The number of nitrogens with one attached hydrogen (secondary N) is 1. The Balaban J connectivity index is 1.73. The molecule has 0 saturated heterocycles. The molecule has 1 aliphatic carbocycles. The van der Waals surface area contributed by atoms with Gasteiger partial charge in [0.25, 0.3) is 10.0 Å². The van der Waals surface area contributed by atoms with Gasteiger partial charge < -0.3 is 10.2 Å². The first kappa shape index (κ1) is 33.4. The Morgan fingerprint density at radius 2 is 1.49 bits per heavy atom. The molecule has 3 aromatic rings. The van der Waals surface area contributed by atoms with Gasteiger partial charge in [-0.2, -0.15) is 0 Å². The Hall–Kier alpha value is -2.49. The third-order valence-electron chi connectivity index (χ3n) is 7.48. The van der Waals surface area contributed by atoms with E-state index in [0.717, 1.165) is 36.4 Å². The van der Waals surface area contributed by atoms with Crippen molar-refractivity contribution in [2.75, 3.05) is 10.8 Å². The molecule has 1 N–H and O–H groups in total. The molecule has 43 heavy (non-hydrogen) atoms. The van der Waals surface area contributed by atoms with Crippen molar-refractivity contribution in [3.05, 3.63) is 92.4 Å². The SMILES string of the molecule is CC[C@H](C(=O)NC1CCCCC1)N(Cc1ccc(Cl)c(Cl)c1)C(=O)CN(c1ccc(Cl)c(Cl)c1)S(=O)(=O)c1ccccc1. The highest BCUT2D eigenvalue weighted by Gasteiger charge is 2.34. The molecule has 0 spiro atoms. The van der Waals surface area contributed by atoms with Crippen molar-refractivity contribution in [1.29, 1.82) is 0 Å². The molecule has 3 aromatic carbocycles. The molecule has 7 nitrogen and oxygen atoms in total. The van der Waals surface area contributed by atoms with E-state index in [9.17, 15) is 18.0 Å². The first-order valence-electron chi connectivity index (χ1n) is 14.1. The van der Waals surface area contributed by atoms with Crippen LogP contribution in [-0.2, 0) is 26.2 Å². The maximum atomic E-state index is 14.2. The van der Waals surface area contributed by atoms with E-state index in [0.29, 0.717) is 22.0 Å². The number of sulfonamides is 1. The highest BCUT2D eigenvalue weighted by atomic mass is 35.5. The zero-order chi connectivity index (χ0) is 31.1. The van der Waals surface area contributed by atoms with Gasteiger partial charge in [-0.05, 0) is 67.3 Å². The third-order valence-corrected chi connectivity index (χ3v) is 10.7. The fraction of sp³-hybridized carbons (Fsp3) is 0.355. The van der Waals surface area contributed by atoms with Gasteiger partial charge in [-0.3, -0.25) is 13.9 Å². The van der Waals surface area contributed by atoms with Crippen LogP contribution in [0.2, 0.25) is 20.1 Å². The maximum absolute atomic E-state index is 14.2. The summed E-state index contributed by atoms with van der Waals surface area (Å²) in [6.07, 6.45) is 5.26. The van der Waals surface area contributed by atoms with E-state index in [1.165, 1.54) is 35.2 Å². The quantitative estimate of drug-likeness (QED) is 0.224. The molecule has 230 valence electrons. The van der Waals surface area contributed by atoms with Gasteiger partial charge in [0.15, 0.2) is 0 Å². The van der Waals surface area contributed by atoms with Crippen molar-refractivity contribution >= 4 is 73.9 Å². The summed E-state index contributed by atoms with van der Waals surface area (Å²) in [5, 5.41) is 4.14. The number of hydrogen-bond acceptors (Lipinski definition) is 4. The molecule has 12 heteroatoms. The van der Waals surface area contributed by atoms with Crippen molar-refractivity contribution in [2.45, 2.75) is 69.0 Å². The van der Waals surface area contributed by atoms with Crippen LogP contribution in [0.4, 0.5) is 5.69 Å². The third kappa shape index (κ3) is 8.37. The van der Waals surface area contributed by atoms with Gasteiger partial charge in [-0.15, -0.1) is 0 Å². The molecular formula is C31H33Cl4N3O4S. The summed E-state index contributed by atoms with van der Waals surface area (Å²) in [5.41, 5.74) is 0.791. The predicted molar refractivity (Wildman–Crippen MR) is 174 cm³/mol. The lowest BCUT2D eigenvalue weighted by molar-refractivity contribution is -0.140. The second kappa shape index (κ2) is 15.0. The summed E-state index contributed by atoms with van der Waals surface area (Å²) < 4.78 is 28.8. The number of amides is 2. The summed E-state index contributed by atoms with van der Waals surface area (Å²) in [5.74, 6) is -0.864. The Kier molecular flexibility index (Phi) is 11.6. The molecule has 0 radical (unpaired) electrons. The molecule has 0 aromatic heterocycles. The number of hydrogen-bond donors (Lipinski definition) is 1. The molecule has 0 aliphatic heterocycles. The molecule has 1 saturated carbocycles. The minimum absolute atomic E-state index is 0.00686. The number of anilines is 1. The zero-order valence-corrected chi connectivity index (χ0v) is 27.5. The van der Waals surface area contributed by atoms with E-state index in [1.54, 1.807) is 36.4 Å². The average Bonchev–Trinajstić information content (AvgIpc) is 3.00. The van der Waals surface area contributed by atoms with Crippen molar-refractivity contribution in [3.63, 3.8) is 0 Å². The summed E-state index contributed by atoms with van der Waals surface area (Å²) in [4.78, 5) is 29.3. The monoisotopic (exact) mass is 683 g/mol. The van der Waals surface area contributed by atoms with Gasteiger partial charge >= 0.3 is 0 Å². The van der Waals surface area contributed by atoms with Crippen LogP contribution >= 0.6 is 46.4 Å². The van der Waals surface area contributed by atoms with Gasteiger partial charge in [0.05, 0.1) is 30.7 Å². The smallest absolute Gasteiger partial charge is 0.264 e. The number of carbonyl (C=O) groups excluding carboxylic acids is 2. The van der Waals surface area contributed by atoms with Crippen molar-refractivity contribution in [1.82, 2.24) is 10.2 Å². The highest BCUT2D eigenvalue weighted by molar-refractivity contribution is 7.92. The van der Waals surface area contributed by atoms with Crippen LogP contribution in [0.5, 0.6) is 0 Å². The maximum Gasteiger partial charge on any atom is 0.264 e. The van der Waals surface area contributed by atoms with Crippen LogP contribution in [-0.4, -0.2) is 43.8 Å².